The van der Waals surface area contributed by atoms with Crippen molar-refractivity contribution in [3.63, 3.8) is 0 Å². The molecule has 0 saturated carbocycles. The smallest absolute Gasteiger partial charge is 0.492 e. The summed E-state index contributed by atoms with van der Waals surface area (Å²) in [5.74, 6) is 1.22. The third-order valence-corrected chi connectivity index (χ3v) is 24.9. The van der Waals surface area contributed by atoms with Crippen molar-refractivity contribution in [2.24, 2.45) is 9.98 Å². The van der Waals surface area contributed by atoms with Gasteiger partial charge in [0, 0.05) is 136 Å². The van der Waals surface area contributed by atoms with Crippen molar-refractivity contribution in [3.05, 3.63) is 201 Å². The number of benzene rings is 6. The summed E-state index contributed by atoms with van der Waals surface area (Å²) in [5.41, 5.74) is 12.7. The maximum absolute atomic E-state index is 13.2. The zero-order valence-corrected chi connectivity index (χ0v) is 78.7. The highest BCUT2D eigenvalue weighted by molar-refractivity contribution is 6.76. The Labute approximate surface area is 823 Å². The van der Waals surface area contributed by atoms with Gasteiger partial charge in [-0.05, 0) is 115 Å². The summed E-state index contributed by atoms with van der Waals surface area (Å²) in [6, 6.07) is 36.9. The van der Waals surface area contributed by atoms with Crippen LogP contribution in [0, 0.1) is 0 Å². The predicted octanol–water partition coefficient (Wildman–Crippen LogP) is 13.2. The van der Waals surface area contributed by atoms with Crippen molar-refractivity contribution >= 4 is 196 Å². The van der Waals surface area contributed by atoms with Gasteiger partial charge in [0.15, 0.2) is 45.5 Å². The minimum absolute atomic E-state index is 0. The molecular weight excluding hydrogens is 1910 g/mol. The maximum Gasteiger partial charge on any atom is 0.492 e. The molecule has 0 radical (unpaired) electrons. The fourth-order valence-corrected chi connectivity index (χ4v) is 17.2. The Morgan fingerprint density at radius 1 is 0.539 bits per heavy atom. The topological polar surface area (TPSA) is 504 Å². The summed E-state index contributed by atoms with van der Waals surface area (Å²) >= 11 is 17.8. The van der Waals surface area contributed by atoms with Crippen LogP contribution in [0.4, 0.5) is 59.1 Å². The predicted molar refractivity (Wildman–Crippen MR) is 525 cm³/mol. The van der Waals surface area contributed by atoms with Crippen LogP contribution in [0.15, 0.2) is 150 Å². The van der Waals surface area contributed by atoms with E-state index in [2.05, 4.69) is 101 Å². The number of imide groups is 3. The lowest BCUT2D eigenvalue weighted by Gasteiger charge is -2.29. The molecule has 0 bridgehead atoms. The van der Waals surface area contributed by atoms with Crippen molar-refractivity contribution < 1.29 is 91.5 Å². The number of nitrogens with one attached hydrogen (secondary N) is 7. The number of alkyl halides is 3. The van der Waals surface area contributed by atoms with Crippen LogP contribution in [0.2, 0.25) is 41.4 Å². The molecule has 20 rings (SSSR count). The molecule has 14 heterocycles. The van der Waals surface area contributed by atoms with Crippen LogP contribution in [-0.2, 0) is 77.5 Å². The summed E-state index contributed by atoms with van der Waals surface area (Å²) in [6.07, 6.45) is 3.73. The van der Waals surface area contributed by atoms with Gasteiger partial charge in [0.2, 0.25) is 52.3 Å². The maximum atomic E-state index is 13.2. The quantitative estimate of drug-likeness (QED) is 0.00854. The van der Waals surface area contributed by atoms with Gasteiger partial charge in [0.1, 0.15) is 64.5 Å². The normalized spacial score (nSPS) is 16.2. The molecule has 6 aromatic heterocycles. The number of H-pyrrole nitrogens is 1. The largest absolute Gasteiger partial charge is 0.497 e. The van der Waals surface area contributed by atoms with Crippen molar-refractivity contribution in [1.29, 1.82) is 0 Å². The number of hydrogen-bond donors (Lipinski definition) is 9. The zero-order chi connectivity index (χ0) is 100.0. The molecule has 8 aliphatic heterocycles. The Balaban J connectivity index is 0.000000160. The highest BCUT2D eigenvalue weighted by atomic mass is 35.5. The number of ether oxygens (including phenoxy) is 4. The van der Waals surface area contributed by atoms with Crippen LogP contribution >= 0.6 is 34.8 Å². The van der Waals surface area contributed by atoms with E-state index in [0.717, 1.165) is 46.3 Å². The van der Waals surface area contributed by atoms with E-state index in [1.54, 1.807) is 111 Å². The minimum Gasteiger partial charge on any atom is -0.497 e. The van der Waals surface area contributed by atoms with Gasteiger partial charge in [0.05, 0.1) is 56.5 Å². The van der Waals surface area contributed by atoms with Crippen LogP contribution < -0.4 is 51.6 Å². The van der Waals surface area contributed by atoms with Crippen LogP contribution in [0.25, 0.3) is 45.1 Å². The monoisotopic (exact) mass is 2010 g/mol. The molecule has 141 heavy (non-hydrogen) atoms. The van der Waals surface area contributed by atoms with Gasteiger partial charge >= 0.3 is 13.3 Å². The molecule has 47 heteroatoms. The van der Waals surface area contributed by atoms with Crippen molar-refractivity contribution in [1.82, 2.24) is 90.0 Å². The average molecular weight is 2010 g/mol. The number of halogens is 6. The molecule has 9 N–H and O–H groups in total. The number of para-hydroxylation sites is 3. The van der Waals surface area contributed by atoms with Gasteiger partial charge in [-0.2, -0.15) is 23.1 Å². The lowest BCUT2D eigenvalue weighted by molar-refractivity contribution is -0.156. The number of aromatic amines is 1. The van der Waals surface area contributed by atoms with E-state index in [1.807, 2.05) is 66.7 Å². The van der Waals surface area contributed by atoms with Gasteiger partial charge in [-0.15, -0.1) is 0 Å². The van der Waals surface area contributed by atoms with E-state index < -0.39 is 63.5 Å². The third-order valence-electron chi connectivity index (χ3n) is 22.6. The Hall–Kier alpha value is -15.0. The highest BCUT2D eigenvalue weighted by Gasteiger charge is 2.44. The van der Waals surface area contributed by atoms with Crippen molar-refractivity contribution in [2.45, 2.75) is 156 Å². The summed E-state index contributed by atoms with van der Waals surface area (Å²) < 4.78 is 60.8. The SMILES string of the molecule is C.C.COc1ccccc1-c1nc(Nc2cccc3c2CN(C2CCC(=O)NC2=O)C3=O)c2[nH]cnc2n1.COc1ccccc1-c1nc2c(c(Nc3cccc4c3CN(C3CCC(=O)NC3=O)C4=O)n1)N=CC2.COc1ccccc1B(O)O.C[Si](C)(C)CCOCn1cnc2c(Cl)nc(Cl)nc21.O=C1CCC(N2Cc3c(Nc4nc(Cl)nc5c4N=CC5)cccc3C2=O)C(=O)N1.O=CC(F)(F)F.[2H]CC. The number of nitrogens with zero attached hydrogens (tertiary/aromatic N) is 16. The van der Waals surface area contributed by atoms with Crippen molar-refractivity contribution in [3.8, 4) is 40.0 Å². The number of fused-ring (bicyclic) bond motifs is 7. The first-order valence-electron chi connectivity index (χ1n) is 43.9. The highest BCUT2D eigenvalue weighted by Crippen LogP contribution is 2.43. The molecule has 734 valence electrons. The number of aldehydes is 1. The number of rotatable bonds is 20. The standard InChI is InChI=1S/C26H22N6O4.C25H21N7O4.C19H15ClN6O3.C11H16Cl2N4OSi.C7H9BO3.C2HF3O.C2H6.2CH4/c1-36-20-8-3-2-5-15(20)23-29-18-11-12-27-22(18)24(31-23)28-17-7-4-6-14-16(17)13-32(26(14)35)19-9-10-21(33)30-25(19)34;1-36-18-8-3-2-5-14(18)21-30-22-20(26-12-27-22)23(31-21)28-16-7-4-6-13-15(16)11-32(25(13)35)17-9-10-19(33)29-24(17)34;20-19-23-12-6-7-21-15(12)16(25-19)22-11-3-1-2-9-10(11)8-26(18(9)29)13-4-5-14(27)24-17(13)28;1-19(2,3)5-4-18-7-17-6-14-8-9(12)15-11(13)16-10(8)17;1-11-7-5-3-2-4-6(7)8(9)10;3-2(4,5)1-6;1-2;;/h2-8,12,19H,9-11,13H2,1H3,(H,28,29,31)(H,30,33,34);2-8,12,17H,9-11H2,1H3,(H,29,33,34)(H2,26,27,28,30,31);1-3,7,13H,4-6,8H2,(H,22,23,25)(H,24,27,28);6H,4-5,7H2,1-3H3;2-5,9-10H,1H3;1H;1-2H3;2*1H4/i;;;;;;1D;;. The lowest BCUT2D eigenvalue weighted by atomic mass is 9.80. The van der Waals surface area contributed by atoms with Crippen LogP contribution in [0.1, 0.15) is 128 Å². The molecule has 12 aromatic rings. The van der Waals surface area contributed by atoms with Gasteiger partial charge in [-0.1, -0.05) is 121 Å². The van der Waals surface area contributed by atoms with E-state index in [9.17, 15) is 56.3 Å². The average Bonchev–Trinajstić information content (AvgIpc) is 1.62. The summed E-state index contributed by atoms with van der Waals surface area (Å²) in [6.45, 7) is 11.1. The zero-order valence-electron chi connectivity index (χ0n) is 76.5. The van der Waals surface area contributed by atoms with Gasteiger partial charge < -0.3 is 64.6 Å². The Bertz CT molecular complexity index is 6880. The first kappa shape index (κ1) is 103. The second-order valence-corrected chi connectivity index (χ2v) is 39.3. The molecular formula is C94H98BCl3F3N23O16Si. The number of anilines is 6. The van der Waals surface area contributed by atoms with E-state index >= 15 is 0 Å². The minimum atomic E-state index is -4.64. The van der Waals surface area contributed by atoms with Crippen LogP contribution in [0.3, 0.4) is 0 Å². The Morgan fingerprint density at radius 2 is 0.950 bits per heavy atom. The van der Waals surface area contributed by atoms with Crippen molar-refractivity contribution in [2.75, 3.05) is 43.9 Å². The molecule has 8 aliphatic rings. The molecule has 39 nitrogen and oxygen atoms in total. The molecule has 3 atom stereocenters. The van der Waals surface area contributed by atoms with Crippen LogP contribution in [-0.4, -0.2) is 223 Å². The number of carbonyl (C=O) groups excluding carboxylic acids is 10. The molecule has 3 fully saturated rings. The number of aliphatic imine (C=N–C) groups is 2. The second-order valence-electron chi connectivity index (χ2n) is 32.6. The summed E-state index contributed by atoms with van der Waals surface area (Å²) in [7, 11) is 2.14. The second kappa shape index (κ2) is 46.2. The Morgan fingerprint density at radius 3 is 1.39 bits per heavy atom. The van der Waals surface area contributed by atoms with Gasteiger partial charge in [-0.3, -0.25) is 78.4 Å². The first-order valence-corrected chi connectivity index (χ1v) is 48.1. The first-order chi connectivity index (χ1) is 67.2. The number of carbonyl (C=O) groups is 10. The fourth-order valence-electron chi connectivity index (χ4n) is 15.9. The fraction of sp³-hybridized carbons (Fsp3) is 0.298. The molecule has 3 unspecified atom stereocenters. The van der Waals surface area contributed by atoms with Gasteiger partial charge in [0.25, 0.3) is 17.7 Å². The van der Waals surface area contributed by atoms with E-state index in [0.29, 0.717) is 171 Å². The third kappa shape index (κ3) is 24.3. The Kier molecular flexibility index (Phi) is 33.9. The van der Waals surface area contributed by atoms with E-state index in [1.165, 1.54) is 21.8 Å². The summed E-state index contributed by atoms with van der Waals surface area (Å²) in [5, 5.41) is 35.0. The number of methoxy groups -OCH3 is 3. The molecule has 9 amide bonds. The molecule has 6 aromatic carbocycles. The number of aromatic nitrogens is 12. The van der Waals surface area contributed by atoms with Crippen LogP contribution in [0.5, 0.6) is 17.2 Å². The number of amides is 9. The summed E-state index contributed by atoms with van der Waals surface area (Å²) in [4.78, 5) is 180. The van der Waals surface area contributed by atoms with Gasteiger partial charge in [-0.25, -0.2) is 39.9 Å². The van der Waals surface area contributed by atoms with E-state index in [-0.39, 0.29) is 105 Å². The van der Waals surface area contributed by atoms with E-state index in [4.69, 9.17) is 84.9 Å². The molecule has 0 aliphatic carbocycles. The number of hydrogen-bond acceptors (Lipinski definition) is 31. The number of imidazole rings is 2. The molecule has 3 saturated heterocycles. The lowest BCUT2D eigenvalue weighted by Crippen LogP contribution is -2.52. The number of piperidine rings is 3. The molecule has 0 spiro atoms.